The van der Waals surface area contributed by atoms with Crippen molar-refractivity contribution >= 4 is 29.6 Å². The molecule has 0 unspecified atom stereocenters. The van der Waals surface area contributed by atoms with Crippen molar-refractivity contribution in [2.24, 2.45) is 10.8 Å². The van der Waals surface area contributed by atoms with Crippen molar-refractivity contribution in [3.8, 4) is 0 Å². The van der Waals surface area contributed by atoms with Crippen LogP contribution in [0, 0.1) is 10.8 Å². The second-order valence-corrected chi connectivity index (χ2v) is 7.07. The molecule has 0 bridgehead atoms. The summed E-state index contributed by atoms with van der Waals surface area (Å²) in [6.07, 6.45) is -0.638. The summed E-state index contributed by atoms with van der Waals surface area (Å²) < 4.78 is 20.9. The van der Waals surface area contributed by atoms with Gasteiger partial charge in [0.15, 0.2) is 10.8 Å². The standard InChI is InChI=1S/C22H29NO8/c1-5-28-17(24)21(18(25)29-6-2)12-14-9-10-16(23)11-15(14)13-22(21,19(26)30-7-3)20(27)31-8-4/h9-11H,5-8,12-13,23H2,1-4H3. The molecule has 2 rings (SSSR count). The monoisotopic (exact) mass is 435 g/mol. The second-order valence-electron chi connectivity index (χ2n) is 7.07. The van der Waals surface area contributed by atoms with E-state index in [1.807, 2.05) is 0 Å². The van der Waals surface area contributed by atoms with Gasteiger partial charge in [-0.25, -0.2) is 0 Å². The van der Waals surface area contributed by atoms with Crippen molar-refractivity contribution < 1.29 is 38.1 Å². The minimum absolute atomic E-state index is 0.0731. The summed E-state index contributed by atoms with van der Waals surface area (Å²) in [5.74, 6) is -4.20. The predicted octanol–water partition coefficient (Wildman–Crippen LogP) is 1.59. The van der Waals surface area contributed by atoms with E-state index in [0.29, 0.717) is 16.8 Å². The van der Waals surface area contributed by atoms with E-state index in [9.17, 15) is 19.2 Å². The lowest BCUT2D eigenvalue weighted by Gasteiger charge is -2.46. The summed E-state index contributed by atoms with van der Waals surface area (Å²) in [6.45, 7) is 5.93. The molecule has 9 nitrogen and oxygen atoms in total. The Bertz CT molecular complexity index is 827. The Hall–Kier alpha value is -3.10. The summed E-state index contributed by atoms with van der Waals surface area (Å²) in [4.78, 5) is 53.6. The molecule has 1 aromatic rings. The van der Waals surface area contributed by atoms with E-state index in [1.54, 1.807) is 45.9 Å². The van der Waals surface area contributed by atoms with Gasteiger partial charge in [0.05, 0.1) is 26.4 Å². The fraction of sp³-hybridized carbons (Fsp3) is 0.545. The van der Waals surface area contributed by atoms with Crippen LogP contribution in [0.5, 0.6) is 0 Å². The first-order valence-corrected chi connectivity index (χ1v) is 10.3. The molecule has 0 atom stereocenters. The third-order valence-electron chi connectivity index (χ3n) is 5.37. The molecule has 0 radical (unpaired) electrons. The summed E-state index contributed by atoms with van der Waals surface area (Å²) in [6, 6.07) is 4.86. The van der Waals surface area contributed by atoms with Gasteiger partial charge in [-0.2, -0.15) is 0 Å². The van der Waals surface area contributed by atoms with Gasteiger partial charge >= 0.3 is 23.9 Å². The highest BCUT2D eigenvalue weighted by atomic mass is 16.6. The van der Waals surface area contributed by atoms with Gasteiger partial charge in [0.1, 0.15) is 0 Å². The number of hydrogen-bond acceptors (Lipinski definition) is 9. The van der Waals surface area contributed by atoms with Crippen LogP contribution in [0.2, 0.25) is 0 Å². The quantitative estimate of drug-likeness (QED) is 0.280. The van der Waals surface area contributed by atoms with Crippen LogP contribution in [-0.4, -0.2) is 50.3 Å². The largest absolute Gasteiger partial charge is 0.465 e. The highest BCUT2D eigenvalue weighted by Gasteiger charge is 2.74. The molecule has 0 aromatic heterocycles. The van der Waals surface area contributed by atoms with Gasteiger partial charge in [0.25, 0.3) is 0 Å². The van der Waals surface area contributed by atoms with E-state index in [0.717, 1.165) is 0 Å². The third-order valence-corrected chi connectivity index (χ3v) is 5.37. The number of esters is 4. The zero-order chi connectivity index (χ0) is 23.2. The third kappa shape index (κ3) is 3.96. The lowest BCUT2D eigenvalue weighted by atomic mass is 9.54. The molecule has 31 heavy (non-hydrogen) atoms. The molecule has 170 valence electrons. The van der Waals surface area contributed by atoms with Crippen molar-refractivity contribution in [3.05, 3.63) is 29.3 Å². The zero-order valence-electron chi connectivity index (χ0n) is 18.3. The zero-order valence-corrected chi connectivity index (χ0v) is 18.3. The maximum atomic E-state index is 13.4. The van der Waals surface area contributed by atoms with Crippen molar-refractivity contribution in [2.75, 3.05) is 32.2 Å². The molecule has 9 heteroatoms. The van der Waals surface area contributed by atoms with Gasteiger partial charge in [-0.05, 0) is 51.0 Å². The van der Waals surface area contributed by atoms with E-state index in [2.05, 4.69) is 0 Å². The number of benzene rings is 1. The average molecular weight is 435 g/mol. The van der Waals surface area contributed by atoms with Crippen LogP contribution in [0.3, 0.4) is 0 Å². The minimum atomic E-state index is -2.33. The molecule has 1 aliphatic carbocycles. The highest BCUT2D eigenvalue weighted by molar-refractivity contribution is 6.15. The number of rotatable bonds is 8. The van der Waals surface area contributed by atoms with E-state index >= 15 is 0 Å². The molecule has 1 aromatic carbocycles. The Labute approximate surface area is 181 Å². The molecule has 1 aliphatic rings. The molecule has 0 fully saturated rings. The highest BCUT2D eigenvalue weighted by Crippen LogP contribution is 2.53. The van der Waals surface area contributed by atoms with Crippen LogP contribution < -0.4 is 5.73 Å². The Kier molecular flexibility index (Phi) is 7.65. The summed E-state index contributed by atoms with van der Waals surface area (Å²) in [5, 5.41) is 0. The van der Waals surface area contributed by atoms with Crippen LogP contribution >= 0.6 is 0 Å². The van der Waals surface area contributed by atoms with Gasteiger partial charge in [-0.1, -0.05) is 6.07 Å². The van der Waals surface area contributed by atoms with Crippen LogP contribution in [0.15, 0.2) is 18.2 Å². The Morgan fingerprint density at radius 1 is 0.710 bits per heavy atom. The van der Waals surface area contributed by atoms with Crippen LogP contribution in [-0.2, 0) is 51.0 Å². The first-order chi connectivity index (χ1) is 14.7. The number of anilines is 1. The SMILES string of the molecule is CCOC(=O)C1(C(=O)OCC)Cc2ccc(N)cc2CC1(C(=O)OCC)C(=O)OCC. The molecular formula is C22H29NO8. The maximum absolute atomic E-state index is 13.4. The van der Waals surface area contributed by atoms with Crippen molar-refractivity contribution in [1.29, 1.82) is 0 Å². The summed E-state index contributed by atoms with van der Waals surface area (Å²) >= 11 is 0. The Morgan fingerprint density at radius 3 is 1.42 bits per heavy atom. The number of fused-ring (bicyclic) bond motifs is 1. The lowest BCUT2D eigenvalue weighted by Crippen LogP contribution is -2.66. The molecule has 0 heterocycles. The first-order valence-electron chi connectivity index (χ1n) is 10.3. The van der Waals surface area contributed by atoms with Crippen LogP contribution in [0.25, 0.3) is 0 Å². The van der Waals surface area contributed by atoms with Gasteiger partial charge in [-0.3, -0.25) is 19.2 Å². The average Bonchev–Trinajstić information content (AvgIpc) is 2.73. The van der Waals surface area contributed by atoms with E-state index in [4.69, 9.17) is 24.7 Å². The van der Waals surface area contributed by atoms with Crippen LogP contribution in [0.1, 0.15) is 38.8 Å². The second kappa shape index (κ2) is 9.80. The van der Waals surface area contributed by atoms with E-state index < -0.39 is 34.7 Å². The Morgan fingerprint density at radius 2 is 1.06 bits per heavy atom. The molecule has 0 spiro atoms. The fourth-order valence-electron chi connectivity index (χ4n) is 4.03. The molecule has 0 saturated heterocycles. The molecule has 0 amide bonds. The molecule has 0 saturated carbocycles. The smallest absolute Gasteiger partial charge is 0.325 e. The van der Waals surface area contributed by atoms with E-state index in [-0.39, 0.29) is 39.3 Å². The number of carbonyl (C=O) groups is 4. The lowest BCUT2D eigenvalue weighted by molar-refractivity contribution is -0.204. The summed E-state index contributed by atoms with van der Waals surface area (Å²) in [5.41, 5.74) is 2.76. The normalized spacial score (nSPS) is 15.9. The number of nitrogen functional groups attached to an aromatic ring is 1. The first kappa shape index (κ1) is 24.2. The van der Waals surface area contributed by atoms with Gasteiger partial charge < -0.3 is 24.7 Å². The molecule has 2 N–H and O–H groups in total. The summed E-state index contributed by atoms with van der Waals surface area (Å²) in [7, 11) is 0. The molecule has 0 aliphatic heterocycles. The van der Waals surface area contributed by atoms with E-state index in [1.165, 1.54) is 0 Å². The fourth-order valence-corrected chi connectivity index (χ4v) is 4.03. The van der Waals surface area contributed by atoms with Gasteiger partial charge in [-0.15, -0.1) is 0 Å². The Balaban J connectivity index is 2.93. The number of nitrogens with two attached hydrogens (primary N) is 1. The number of carbonyl (C=O) groups excluding carboxylic acids is 4. The van der Waals surface area contributed by atoms with Crippen molar-refractivity contribution in [1.82, 2.24) is 0 Å². The van der Waals surface area contributed by atoms with Crippen molar-refractivity contribution in [3.63, 3.8) is 0 Å². The number of ether oxygens (including phenoxy) is 4. The minimum Gasteiger partial charge on any atom is -0.465 e. The molecular weight excluding hydrogens is 406 g/mol. The van der Waals surface area contributed by atoms with Gasteiger partial charge in [0, 0.05) is 18.5 Å². The van der Waals surface area contributed by atoms with Crippen LogP contribution in [0.4, 0.5) is 5.69 Å². The number of hydrogen-bond donors (Lipinski definition) is 1. The van der Waals surface area contributed by atoms with Crippen molar-refractivity contribution in [2.45, 2.75) is 40.5 Å². The maximum Gasteiger partial charge on any atom is 0.325 e. The van der Waals surface area contributed by atoms with Gasteiger partial charge in [0.2, 0.25) is 0 Å². The topological polar surface area (TPSA) is 131 Å². The predicted molar refractivity (Wildman–Crippen MR) is 110 cm³/mol.